The van der Waals surface area contributed by atoms with Crippen molar-refractivity contribution in [1.29, 1.82) is 0 Å². The van der Waals surface area contributed by atoms with Crippen LogP contribution in [0.4, 0.5) is 14.5 Å². The van der Waals surface area contributed by atoms with E-state index in [1.807, 2.05) is 13.0 Å². The molecule has 0 aliphatic rings. The smallest absolute Gasteiger partial charge is 0.270 e. The molecular weight excluding hydrogens is 356 g/mol. The Labute approximate surface area is 169 Å². The fourth-order valence-electron chi connectivity index (χ4n) is 2.87. The number of nitrogens with zero attached hydrogens (tertiary/aromatic N) is 2. The number of amidine groups is 1. The van der Waals surface area contributed by atoms with Gasteiger partial charge in [0.2, 0.25) is 0 Å². The van der Waals surface area contributed by atoms with Crippen LogP contribution in [0.25, 0.3) is 0 Å². The molecule has 0 amide bonds. The van der Waals surface area contributed by atoms with Gasteiger partial charge in [0, 0.05) is 37.5 Å². The SMILES string of the molecule is C\C=C/N=C(\C(=C\CC)Nc1ccc(C(C)(F)F)cc1)N(CCC)CC(C)C. The number of hydrogen-bond donors (Lipinski definition) is 1. The van der Waals surface area contributed by atoms with E-state index >= 15 is 0 Å². The molecule has 0 heterocycles. The number of anilines is 1. The lowest BCUT2D eigenvalue weighted by Crippen LogP contribution is -2.37. The van der Waals surface area contributed by atoms with Crippen molar-refractivity contribution in [1.82, 2.24) is 4.90 Å². The number of aliphatic imine (C=N–C) groups is 1. The van der Waals surface area contributed by atoms with E-state index < -0.39 is 5.92 Å². The quantitative estimate of drug-likeness (QED) is 0.351. The largest absolute Gasteiger partial charge is 0.355 e. The summed E-state index contributed by atoms with van der Waals surface area (Å²) in [4.78, 5) is 6.98. The van der Waals surface area contributed by atoms with Gasteiger partial charge in [-0.1, -0.05) is 52.0 Å². The molecule has 1 N–H and O–H groups in total. The highest BCUT2D eigenvalue weighted by Crippen LogP contribution is 2.28. The van der Waals surface area contributed by atoms with E-state index in [0.29, 0.717) is 5.92 Å². The topological polar surface area (TPSA) is 27.6 Å². The van der Waals surface area contributed by atoms with E-state index in [2.05, 4.69) is 44.0 Å². The van der Waals surface area contributed by atoms with Crippen molar-refractivity contribution in [2.24, 2.45) is 10.9 Å². The standard InChI is InChI=1S/C23H35F2N3/c1-7-10-21(27-20-13-11-19(12-14-20)23(6,24)25)22(26-15-8-2)28(16-9-3)17-18(4)5/h8,10-15,18,27H,7,9,16-17H2,1-6H3/b15-8-,21-10-,26-22+. The van der Waals surface area contributed by atoms with Gasteiger partial charge in [0.25, 0.3) is 5.92 Å². The second-order valence-corrected chi connectivity index (χ2v) is 7.39. The fourth-order valence-corrected chi connectivity index (χ4v) is 2.87. The summed E-state index contributed by atoms with van der Waals surface area (Å²) in [7, 11) is 0. The van der Waals surface area contributed by atoms with Gasteiger partial charge < -0.3 is 10.2 Å². The van der Waals surface area contributed by atoms with E-state index in [-0.39, 0.29) is 5.56 Å². The molecule has 1 aromatic rings. The molecule has 0 aromatic heterocycles. The van der Waals surface area contributed by atoms with Gasteiger partial charge in [-0.2, -0.15) is 0 Å². The van der Waals surface area contributed by atoms with Crippen molar-refractivity contribution in [3.63, 3.8) is 0 Å². The first-order chi connectivity index (χ1) is 13.2. The Hall–Kier alpha value is -2.17. The minimum Gasteiger partial charge on any atom is -0.355 e. The zero-order valence-electron chi connectivity index (χ0n) is 18.1. The van der Waals surface area contributed by atoms with Crippen molar-refractivity contribution in [3.05, 3.63) is 53.9 Å². The molecule has 5 heteroatoms. The maximum absolute atomic E-state index is 13.5. The first kappa shape index (κ1) is 23.9. The fraction of sp³-hybridized carbons (Fsp3) is 0.522. The van der Waals surface area contributed by atoms with Gasteiger partial charge in [0.05, 0.1) is 5.70 Å². The van der Waals surface area contributed by atoms with Gasteiger partial charge in [-0.15, -0.1) is 0 Å². The summed E-state index contributed by atoms with van der Waals surface area (Å²) in [5, 5.41) is 3.39. The van der Waals surface area contributed by atoms with Gasteiger partial charge in [-0.3, -0.25) is 0 Å². The molecule has 3 nitrogen and oxygen atoms in total. The summed E-state index contributed by atoms with van der Waals surface area (Å²) < 4.78 is 27.0. The molecule has 0 saturated heterocycles. The van der Waals surface area contributed by atoms with Gasteiger partial charge in [0.15, 0.2) is 5.84 Å². The van der Waals surface area contributed by atoms with Gasteiger partial charge in [-0.05, 0) is 37.8 Å². The van der Waals surface area contributed by atoms with Crippen LogP contribution in [-0.2, 0) is 5.92 Å². The Balaban J connectivity index is 3.23. The van der Waals surface area contributed by atoms with E-state index in [1.54, 1.807) is 18.3 Å². The molecule has 0 bridgehead atoms. The first-order valence-corrected chi connectivity index (χ1v) is 10.1. The monoisotopic (exact) mass is 391 g/mol. The Morgan fingerprint density at radius 2 is 1.86 bits per heavy atom. The van der Waals surface area contributed by atoms with E-state index in [1.165, 1.54) is 12.1 Å². The third-order valence-corrected chi connectivity index (χ3v) is 4.04. The van der Waals surface area contributed by atoms with Crippen LogP contribution >= 0.6 is 0 Å². The van der Waals surface area contributed by atoms with Gasteiger partial charge in [-0.25, -0.2) is 13.8 Å². The van der Waals surface area contributed by atoms with Crippen LogP contribution in [-0.4, -0.2) is 23.8 Å². The van der Waals surface area contributed by atoms with E-state index in [9.17, 15) is 8.78 Å². The molecule has 28 heavy (non-hydrogen) atoms. The van der Waals surface area contributed by atoms with Crippen LogP contribution in [0, 0.1) is 5.92 Å². The lowest BCUT2D eigenvalue weighted by molar-refractivity contribution is 0.0175. The van der Waals surface area contributed by atoms with Crippen molar-refractivity contribution in [3.8, 4) is 0 Å². The van der Waals surface area contributed by atoms with Crippen molar-refractivity contribution < 1.29 is 8.78 Å². The molecule has 1 aromatic carbocycles. The summed E-state index contributed by atoms with van der Waals surface area (Å²) in [6, 6.07) is 6.31. The molecule has 0 radical (unpaired) electrons. The van der Waals surface area contributed by atoms with E-state index in [4.69, 9.17) is 4.99 Å². The van der Waals surface area contributed by atoms with Crippen LogP contribution < -0.4 is 5.32 Å². The number of hydrogen-bond acceptors (Lipinski definition) is 2. The summed E-state index contributed by atoms with van der Waals surface area (Å²) in [5.74, 6) is -1.47. The predicted molar refractivity (Wildman–Crippen MR) is 117 cm³/mol. The summed E-state index contributed by atoms with van der Waals surface area (Å²) >= 11 is 0. The summed E-state index contributed by atoms with van der Waals surface area (Å²) in [5.41, 5.74) is 1.67. The Morgan fingerprint density at radius 3 is 2.32 bits per heavy atom. The molecule has 1 rings (SSSR count). The second kappa shape index (κ2) is 11.6. The third-order valence-electron chi connectivity index (χ3n) is 4.04. The Bertz CT molecular complexity index is 668. The molecule has 0 unspecified atom stereocenters. The van der Waals surface area contributed by atoms with Gasteiger partial charge >= 0.3 is 0 Å². The van der Waals surface area contributed by atoms with Gasteiger partial charge in [0.1, 0.15) is 0 Å². The maximum atomic E-state index is 13.5. The molecular formula is C23H35F2N3. The Morgan fingerprint density at radius 1 is 1.21 bits per heavy atom. The molecule has 0 saturated carbocycles. The van der Waals surface area contributed by atoms with Crippen LogP contribution in [0.5, 0.6) is 0 Å². The van der Waals surface area contributed by atoms with Crippen molar-refractivity contribution in [2.75, 3.05) is 18.4 Å². The Kier molecular flexibility index (Phi) is 9.91. The van der Waals surface area contributed by atoms with Crippen molar-refractivity contribution >= 4 is 11.5 Å². The second-order valence-electron chi connectivity index (χ2n) is 7.39. The average Bonchev–Trinajstić information content (AvgIpc) is 2.61. The third kappa shape index (κ3) is 7.83. The zero-order chi connectivity index (χ0) is 21.2. The zero-order valence-corrected chi connectivity index (χ0v) is 18.1. The molecule has 0 atom stereocenters. The van der Waals surface area contributed by atoms with Crippen LogP contribution in [0.1, 0.15) is 59.9 Å². The lowest BCUT2D eigenvalue weighted by atomic mass is 10.1. The van der Waals surface area contributed by atoms with Crippen molar-refractivity contribution in [2.45, 2.75) is 60.3 Å². The highest BCUT2D eigenvalue weighted by atomic mass is 19.3. The number of allylic oxidation sites excluding steroid dienone is 2. The number of alkyl halides is 2. The molecule has 0 aliphatic heterocycles. The van der Waals surface area contributed by atoms with Crippen LogP contribution in [0.2, 0.25) is 0 Å². The number of rotatable bonds is 10. The summed E-state index contributed by atoms with van der Waals surface area (Å²) in [6.07, 6.45) is 7.64. The molecule has 0 fully saturated rings. The number of halogens is 2. The maximum Gasteiger partial charge on any atom is 0.270 e. The molecule has 0 aliphatic carbocycles. The first-order valence-electron chi connectivity index (χ1n) is 10.1. The minimum atomic E-state index is -2.84. The molecule has 0 spiro atoms. The van der Waals surface area contributed by atoms with E-state index in [0.717, 1.165) is 50.1 Å². The molecule has 156 valence electrons. The normalized spacial score (nSPS) is 13.5. The summed E-state index contributed by atoms with van der Waals surface area (Å²) in [6.45, 7) is 13.3. The number of nitrogens with one attached hydrogen (secondary N) is 1. The predicted octanol–water partition coefficient (Wildman–Crippen LogP) is 6.80. The highest BCUT2D eigenvalue weighted by Gasteiger charge is 2.24. The number of benzene rings is 1. The minimum absolute atomic E-state index is 0.00861. The highest BCUT2D eigenvalue weighted by molar-refractivity contribution is 6.01. The average molecular weight is 392 g/mol. The van der Waals surface area contributed by atoms with Crippen LogP contribution in [0.3, 0.4) is 0 Å². The lowest BCUT2D eigenvalue weighted by Gasteiger charge is -2.29. The van der Waals surface area contributed by atoms with Crippen LogP contribution in [0.15, 0.2) is 53.3 Å².